The lowest BCUT2D eigenvalue weighted by Crippen LogP contribution is -2.63. The number of urea groups is 1. The van der Waals surface area contributed by atoms with Crippen LogP contribution in [0.4, 0.5) is 4.79 Å². The molecular formula is C45H81N15O12. The molecule has 1 fully saturated rings. The Kier molecular flexibility index (Phi) is 28.3. The first-order valence-corrected chi connectivity index (χ1v) is 24.5. The normalized spacial score (nSPS) is 17.2. The van der Waals surface area contributed by atoms with Gasteiger partial charge >= 0.3 is 6.03 Å². The van der Waals surface area contributed by atoms with Crippen molar-refractivity contribution in [1.82, 2.24) is 52.8 Å². The second-order valence-corrected chi connectivity index (χ2v) is 18.1. The molecule has 0 saturated carbocycles. The predicted octanol–water partition coefficient (Wildman–Crippen LogP) is -4.21. The molecule has 1 rings (SSSR count). The topological polar surface area (TPSA) is 436 Å². The minimum absolute atomic E-state index is 0.0232. The summed E-state index contributed by atoms with van der Waals surface area (Å²) in [6, 6.07) is -10.8. The summed E-state index contributed by atoms with van der Waals surface area (Å²) < 4.78 is 0. The molecule has 0 spiro atoms. The lowest BCUT2D eigenvalue weighted by Gasteiger charge is -2.32. The molecule has 0 aromatic rings. The van der Waals surface area contributed by atoms with Crippen molar-refractivity contribution in [3.8, 4) is 0 Å². The molecule has 11 atom stereocenters. The first-order chi connectivity index (χ1) is 33.8. The van der Waals surface area contributed by atoms with Crippen LogP contribution in [-0.2, 0) is 47.9 Å². The van der Waals surface area contributed by atoms with E-state index < -0.39 is 138 Å². The maximum atomic E-state index is 14.2. The van der Waals surface area contributed by atoms with E-state index in [-0.39, 0.29) is 64.1 Å². The Labute approximate surface area is 420 Å². The van der Waals surface area contributed by atoms with Crippen LogP contribution < -0.4 is 70.8 Å². The van der Waals surface area contributed by atoms with E-state index in [0.29, 0.717) is 25.7 Å². The summed E-state index contributed by atoms with van der Waals surface area (Å²) in [5, 5.41) is 33.7. The molecule has 0 unspecified atom stereocenters. The SMILES string of the molecule is CCC[C@H](NC(=O)[C@@H](NC(=O)[C@H](NC(=O)[C@H](CCCNC(N)=O)NC(=O)CNC(C)=O)[C@@H](C)CC)[C@@H](C)O)C(=O)N[C@H](C(=O)N[C@@H](CCCN=C(N)N)C(=O)N1CCC[C@H]1C(=O)N[C@H](C)C(N)=O)[C@@H](C)CC. The van der Waals surface area contributed by atoms with Crippen LogP contribution in [0.15, 0.2) is 4.99 Å². The summed E-state index contributed by atoms with van der Waals surface area (Å²) in [5.41, 5.74) is 21.4. The van der Waals surface area contributed by atoms with Crippen molar-refractivity contribution in [1.29, 1.82) is 0 Å². The van der Waals surface area contributed by atoms with Crippen molar-refractivity contribution in [2.24, 2.45) is 39.8 Å². The quantitative estimate of drug-likeness (QED) is 0.0173. The Morgan fingerprint density at radius 1 is 0.639 bits per heavy atom. The Bertz CT molecular complexity index is 1920. The van der Waals surface area contributed by atoms with Gasteiger partial charge in [0.1, 0.15) is 48.3 Å². The van der Waals surface area contributed by atoms with E-state index in [1.807, 2.05) is 0 Å². The van der Waals surface area contributed by atoms with Crippen LogP contribution in [-0.4, -0.2) is 162 Å². The van der Waals surface area contributed by atoms with Gasteiger partial charge in [-0.1, -0.05) is 53.9 Å². The summed E-state index contributed by atoms with van der Waals surface area (Å²) in [4.78, 5) is 149. The number of hydrogen-bond acceptors (Lipinski definition) is 13. The van der Waals surface area contributed by atoms with Crippen molar-refractivity contribution < 1.29 is 57.8 Å². The van der Waals surface area contributed by atoms with Gasteiger partial charge in [0, 0.05) is 26.6 Å². The van der Waals surface area contributed by atoms with Crippen LogP contribution in [0.1, 0.15) is 120 Å². The van der Waals surface area contributed by atoms with Gasteiger partial charge < -0.3 is 80.8 Å². The van der Waals surface area contributed by atoms with E-state index in [2.05, 4.69) is 52.8 Å². The van der Waals surface area contributed by atoms with Gasteiger partial charge in [0.2, 0.25) is 59.1 Å². The summed E-state index contributed by atoms with van der Waals surface area (Å²) in [6.45, 7) is 12.3. The standard InChI is InChI=1S/C45H81N15O12/c1-9-15-28(55-42(70)35(26(7)61)59-41(69)34(24(5)11-3)58-38(66)29(16-12-20-51-45(49)72)54-32(63)22-52-27(8)62)37(65)57-33(23(4)10-2)40(68)56-30(17-13-19-50-44(47)48)43(71)60-21-14-18-31(60)39(67)53-25(6)36(46)64/h23-26,28-31,33-35,61H,9-22H2,1-8H3,(H2,46,64)(H,52,62)(H,53,67)(H,54,63)(H,55,70)(H,56,68)(H,57,65)(H,58,66)(H,59,69)(H4,47,48,50)(H3,49,51,72)/t23-,24-,25+,26+,28-,29-,30-,31-,33-,34+,35-/m0/s1. The molecule has 1 aliphatic rings. The number of guanidine groups is 1. The van der Waals surface area contributed by atoms with E-state index in [0.717, 1.165) is 0 Å². The zero-order valence-corrected chi connectivity index (χ0v) is 42.9. The molecule has 408 valence electrons. The number of aliphatic hydroxyl groups is 1. The summed E-state index contributed by atoms with van der Waals surface area (Å²) in [5.74, 6) is -8.64. The van der Waals surface area contributed by atoms with Crippen LogP contribution >= 0.6 is 0 Å². The number of nitrogens with one attached hydrogen (secondary N) is 9. The second kappa shape index (κ2) is 32.2. The number of carbonyl (C=O) groups is 11. The van der Waals surface area contributed by atoms with Crippen LogP contribution in [0.3, 0.4) is 0 Å². The maximum Gasteiger partial charge on any atom is 0.312 e. The molecule has 27 heteroatoms. The van der Waals surface area contributed by atoms with Crippen molar-refractivity contribution >= 4 is 71.1 Å². The lowest BCUT2D eigenvalue weighted by atomic mass is 9.96. The first-order valence-electron chi connectivity index (χ1n) is 24.5. The molecule has 12 amide bonds. The van der Waals surface area contributed by atoms with E-state index in [9.17, 15) is 57.8 Å². The van der Waals surface area contributed by atoms with Crippen molar-refractivity contribution in [3.63, 3.8) is 0 Å². The fraction of sp³-hybridized carbons (Fsp3) is 0.733. The molecule has 27 nitrogen and oxygen atoms in total. The number of nitrogens with two attached hydrogens (primary N) is 4. The average Bonchev–Trinajstić information content (AvgIpc) is 3.82. The van der Waals surface area contributed by atoms with Gasteiger partial charge in [-0.25, -0.2) is 4.79 Å². The smallest absolute Gasteiger partial charge is 0.312 e. The second-order valence-electron chi connectivity index (χ2n) is 18.1. The fourth-order valence-corrected chi connectivity index (χ4v) is 7.52. The zero-order chi connectivity index (χ0) is 54.8. The molecule has 0 aromatic heterocycles. The van der Waals surface area contributed by atoms with Crippen molar-refractivity contribution in [2.45, 2.75) is 174 Å². The van der Waals surface area contributed by atoms with Gasteiger partial charge in [-0.15, -0.1) is 0 Å². The highest BCUT2D eigenvalue weighted by Crippen LogP contribution is 2.21. The van der Waals surface area contributed by atoms with Crippen LogP contribution in [0.25, 0.3) is 0 Å². The predicted molar refractivity (Wildman–Crippen MR) is 264 cm³/mol. The molecule has 0 radical (unpaired) electrons. The summed E-state index contributed by atoms with van der Waals surface area (Å²) in [7, 11) is 0. The average molecular weight is 1020 g/mol. The first kappa shape index (κ1) is 63.2. The number of rotatable bonds is 32. The van der Waals surface area contributed by atoms with E-state index >= 15 is 0 Å². The van der Waals surface area contributed by atoms with Gasteiger partial charge in [0.25, 0.3) is 0 Å². The minimum Gasteiger partial charge on any atom is -0.391 e. The monoisotopic (exact) mass is 1020 g/mol. The number of amides is 12. The highest BCUT2D eigenvalue weighted by atomic mass is 16.3. The molecule has 0 aliphatic carbocycles. The number of aliphatic hydroxyl groups excluding tert-OH is 1. The van der Waals surface area contributed by atoms with Crippen molar-refractivity contribution in [3.05, 3.63) is 0 Å². The number of aliphatic imine (C=N–C) groups is 1. The van der Waals surface area contributed by atoms with Crippen LogP contribution in [0.5, 0.6) is 0 Å². The summed E-state index contributed by atoms with van der Waals surface area (Å²) in [6.07, 6.45) is 0.714. The van der Waals surface area contributed by atoms with Crippen LogP contribution in [0, 0.1) is 11.8 Å². The molecular weight excluding hydrogens is 943 g/mol. The number of primary amides is 2. The van der Waals surface area contributed by atoms with Gasteiger partial charge in [0.15, 0.2) is 5.96 Å². The van der Waals surface area contributed by atoms with Gasteiger partial charge in [-0.3, -0.25) is 52.9 Å². The largest absolute Gasteiger partial charge is 0.391 e. The Balaban J connectivity index is 3.40. The minimum atomic E-state index is -1.67. The number of carbonyl (C=O) groups excluding carboxylic acids is 11. The van der Waals surface area contributed by atoms with Gasteiger partial charge in [0.05, 0.1) is 12.6 Å². The molecule has 0 aromatic carbocycles. The molecule has 18 N–H and O–H groups in total. The molecule has 1 saturated heterocycles. The maximum absolute atomic E-state index is 14.2. The molecule has 0 bridgehead atoms. The summed E-state index contributed by atoms with van der Waals surface area (Å²) >= 11 is 0. The van der Waals surface area contributed by atoms with Gasteiger partial charge in [-0.05, 0) is 70.6 Å². The van der Waals surface area contributed by atoms with Crippen molar-refractivity contribution in [2.75, 3.05) is 26.2 Å². The number of hydrogen-bond donors (Lipinski definition) is 14. The molecule has 1 aliphatic heterocycles. The lowest BCUT2D eigenvalue weighted by molar-refractivity contribution is -0.142. The van der Waals surface area contributed by atoms with E-state index in [1.54, 1.807) is 34.6 Å². The molecule has 72 heavy (non-hydrogen) atoms. The van der Waals surface area contributed by atoms with Crippen LogP contribution in [0.2, 0.25) is 0 Å². The zero-order valence-electron chi connectivity index (χ0n) is 42.9. The van der Waals surface area contributed by atoms with E-state index in [1.165, 1.54) is 25.7 Å². The highest BCUT2D eigenvalue weighted by Gasteiger charge is 2.40. The number of likely N-dealkylation sites (tertiary alicyclic amines) is 1. The highest BCUT2D eigenvalue weighted by molar-refractivity contribution is 5.98. The third-order valence-corrected chi connectivity index (χ3v) is 12.2. The number of nitrogens with zero attached hydrogens (tertiary/aromatic N) is 2. The fourth-order valence-electron chi connectivity index (χ4n) is 7.52. The molecule has 1 heterocycles. The third kappa shape index (κ3) is 22.1. The van der Waals surface area contributed by atoms with Gasteiger partial charge in [-0.2, -0.15) is 0 Å². The third-order valence-electron chi connectivity index (χ3n) is 12.2. The Morgan fingerprint density at radius 3 is 1.65 bits per heavy atom. The Morgan fingerprint density at radius 2 is 1.15 bits per heavy atom. The Hall–Kier alpha value is -6.80. The van der Waals surface area contributed by atoms with E-state index in [4.69, 9.17) is 22.9 Å².